The lowest BCUT2D eigenvalue weighted by Gasteiger charge is -2.18. The zero-order chi connectivity index (χ0) is 18.4. The van der Waals surface area contributed by atoms with Crippen LogP contribution in [0.25, 0.3) is 0 Å². The molecular formula is C19H21ClN2O3. The van der Waals surface area contributed by atoms with Crippen LogP contribution in [-0.4, -0.2) is 25.5 Å². The second-order valence-corrected chi connectivity index (χ2v) is 6.08. The Balaban J connectivity index is 1.99. The molecule has 2 aromatic rings. The molecule has 0 spiro atoms. The number of hydrogen-bond acceptors (Lipinski definition) is 3. The van der Waals surface area contributed by atoms with Crippen LogP contribution in [0.5, 0.6) is 0 Å². The second kappa shape index (κ2) is 8.65. The Kier molecular flexibility index (Phi) is 6.56. The van der Waals surface area contributed by atoms with Gasteiger partial charge in [-0.2, -0.15) is 0 Å². The van der Waals surface area contributed by atoms with E-state index in [4.69, 9.17) is 16.3 Å². The van der Waals surface area contributed by atoms with E-state index in [1.165, 1.54) is 7.11 Å². The molecule has 25 heavy (non-hydrogen) atoms. The number of hydrogen-bond donors (Lipinski definition) is 2. The molecule has 2 aromatic carbocycles. The Morgan fingerprint density at radius 2 is 1.68 bits per heavy atom. The van der Waals surface area contributed by atoms with Gasteiger partial charge in [-0.05, 0) is 31.0 Å². The van der Waals surface area contributed by atoms with Crippen molar-refractivity contribution in [2.24, 2.45) is 0 Å². The molecule has 0 saturated heterocycles. The number of aryl methyl sites for hydroxylation is 2. The maximum atomic E-state index is 12.1. The number of para-hydroxylation sites is 1. The number of halogens is 1. The summed E-state index contributed by atoms with van der Waals surface area (Å²) >= 11 is 6.15. The van der Waals surface area contributed by atoms with E-state index in [2.05, 4.69) is 10.6 Å². The Bertz CT molecular complexity index is 757. The van der Waals surface area contributed by atoms with Gasteiger partial charge in [0.25, 0.3) is 0 Å². The summed E-state index contributed by atoms with van der Waals surface area (Å²) in [5, 5.41) is 5.78. The Morgan fingerprint density at radius 1 is 1.04 bits per heavy atom. The van der Waals surface area contributed by atoms with Crippen molar-refractivity contribution in [1.29, 1.82) is 0 Å². The molecule has 0 radical (unpaired) electrons. The number of carbonyl (C=O) groups excluding carboxylic acids is 2. The van der Waals surface area contributed by atoms with E-state index < -0.39 is 17.9 Å². The molecule has 0 fully saturated rings. The molecule has 0 saturated carbocycles. The summed E-state index contributed by atoms with van der Waals surface area (Å²) in [6.45, 7) is 3.89. The highest BCUT2D eigenvalue weighted by molar-refractivity contribution is 6.39. The van der Waals surface area contributed by atoms with Crippen molar-refractivity contribution >= 4 is 29.1 Å². The van der Waals surface area contributed by atoms with Crippen LogP contribution in [0.1, 0.15) is 22.8 Å². The van der Waals surface area contributed by atoms with Crippen LogP contribution in [-0.2, 0) is 14.3 Å². The van der Waals surface area contributed by atoms with Gasteiger partial charge in [0.15, 0.2) is 0 Å². The van der Waals surface area contributed by atoms with E-state index in [1.807, 2.05) is 50.2 Å². The standard InChI is InChI=1S/C19H21ClN2O3/c1-12-7-6-8-13(2)17(12)22-19(24)18(23)21-11-16(25-3)14-9-4-5-10-15(14)20/h4-10,16H,11H2,1-3H3,(H,21,23)(H,22,24). The minimum absolute atomic E-state index is 0.138. The zero-order valence-corrected chi connectivity index (χ0v) is 15.2. The molecule has 1 atom stereocenters. The van der Waals surface area contributed by atoms with Crippen molar-refractivity contribution < 1.29 is 14.3 Å². The zero-order valence-electron chi connectivity index (χ0n) is 14.4. The van der Waals surface area contributed by atoms with E-state index in [1.54, 1.807) is 6.07 Å². The predicted octanol–water partition coefficient (Wildman–Crippen LogP) is 3.40. The van der Waals surface area contributed by atoms with Crippen molar-refractivity contribution in [2.45, 2.75) is 20.0 Å². The number of ether oxygens (including phenoxy) is 1. The van der Waals surface area contributed by atoms with Crippen LogP contribution >= 0.6 is 11.6 Å². The first-order chi connectivity index (χ1) is 11.9. The summed E-state index contributed by atoms with van der Waals surface area (Å²) in [5.41, 5.74) is 3.19. The maximum absolute atomic E-state index is 12.1. The summed E-state index contributed by atoms with van der Waals surface area (Å²) in [6, 6.07) is 12.9. The van der Waals surface area contributed by atoms with Gasteiger partial charge in [0.1, 0.15) is 6.10 Å². The third-order valence-electron chi connectivity index (χ3n) is 3.91. The van der Waals surface area contributed by atoms with Gasteiger partial charge in [-0.1, -0.05) is 48.0 Å². The summed E-state index contributed by atoms with van der Waals surface area (Å²) in [5.74, 6) is -1.44. The van der Waals surface area contributed by atoms with E-state index in [-0.39, 0.29) is 6.54 Å². The van der Waals surface area contributed by atoms with E-state index in [0.29, 0.717) is 10.7 Å². The second-order valence-electron chi connectivity index (χ2n) is 5.68. The van der Waals surface area contributed by atoms with Gasteiger partial charge in [-0.25, -0.2) is 0 Å². The van der Waals surface area contributed by atoms with Crippen LogP contribution in [0.3, 0.4) is 0 Å². The van der Waals surface area contributed by atoms with E-state index in [0.717, 1.165) is 16.7 Å². The number of amides is 2. The van der Waals surface area contributed by atoms with E-state index in [9.17, 15) is 9.59 Å². The third-order valence-corrected chi connectivity index (χ3v) is 4.25. The molecule has 0 bridgehead atoms. The van der Waals surface area contributed by atoms with Crippen LogP contribution in [0.4, 0.5) is 5.69 Å². The van der Waals surface area contributed by atoms with Crippen LogP contribution in [0.15, 0.2) is 42.5 Å². The van der Waals surface area contributed by atoms with Crippen molar-refractivity contribution in [3.63, 3.8) is 0 Å². The summed E-state index contributed by atoms with van der Waals surface area (Å²) < 4.78 is 5.37. The summed E-state index contributed by atoms with van der Waals surface area (Å²) in [4.78, 5) is 24.2. The highest BCUT2D eigenvalue weighted by Crippen LogP contribution is 2.24. The quantitative estimate of drug-likeness (QED) is 0.803. The number of carbonyl (C=O) groups is 2. The SMILES string of the molecule is COC(CNC(=O)C(=O)Nc1c(C)cccc1C)c1ccccc1Cl. The van der Waals surface area contributed by atoms with Gasteiger partial charge in [0.2, 0.25) is 0 Å². The fourth-order valence-corrected chi connectivity index (χ4v) is 2.76. The average molecular weight is 361 g/mol. The molecular weight excluding hydrogens is 340 g/mol. The van der Waals surface area contributed by atoms with Crippen molar-refractivity contribution in [3.05, 3.63) is 64.2 Å². The highest BCUT2D eigenvalue weighted by Gasteiger charge is 2.19. The molecule has 6 heteroatoms. The molecule has 2 amide bonds. The van der Waals surface area contributed by atoms with Crippen molar-refractivity contribution in [3.8, 4) is 0 Å². The molecule has 0 aliphatic heterocycles. The predicted molar refractivity (Wildman–Crippen MR) is 98.8 cm³/mol. The fraction of sp³-hybridized carbons (Fsp3) is 0.263. The smallest absolute Gasteiger partial charge is 0.313 e. The van der Waals surface area contributed by atoms with Gasteiger partial charge >= 0.3 is 11.8 Å². The monoisotopic (exact) mass is 360 g/mol. The molecule has 0 aromatic heterocycles. The number of anilines is 1. The first kappa shape index (κ1) is 19.0. The highest BCUT2D eigenvalue weighted by atomic mass is 35.5. The maximum Gasteiger partial charge on any atom is 0.313 e. The van der Waals surface area contributed by atoms with Crippen LogP contribution in [0, 0.1) is 13.8 Å². The minimum Gasteiger partial charge on any atom is -0.375 e. The third kappa shape index (κ3) is 4.81. The minimum atomic E-state index is -0.725. The van der Waals surface area contributed by atoms with Crippen LogP contribution in [0.2, 0.25) is 5.02 Å². The van der Waals surface area contributed by atoms with Crippen LogP contribution < -0.4 is 10.6 Å². The number of nitrogens with one attached hydrogen (secondary N) is 2. The molecule has 2 N–H and O–H groups in total. The summed E-state index contributed by atoms with van der Waals surface area (Å²) in [6.07, 6.45) is -0.439. The Morgan fingerprint density at radius 3 is 2.28 bits per heavy atom. The number of benzene rings is 2. The topological polar surface area (TPSA) is 67.4 Å². The van der Waals surface area contributed by atoms with Gasteiger partial charge in [-0.3, -0.25) is 9.59 Å². The first-order valence-electron chi connectivity index (χ1n) is 7.86. The van der Waals surface area contributed by atoms with Gasteiger partial charge < -0.3 is 15.4 Å². The van der Waals surface area contributed by atoms with Gasteiger partial charge in [0.05, 0.1) is 0 Å². The lowest BCUT2D eigenvalue weighted by molar-refractivity contribution is -0.136. The van der Waals surface area contributed by atoms with Crippen molar-refractivity contribution in [1.82, 2.24) is 5.32 Å². The van der Waals surface area contributed by atoms with Gasteiger partial charge in [-0.15, -0.1) is 0 Å². The Labute approximate surface area is 152 Å². The number of methoxy groups -OCH3 is 1. The largest absolute Gasteiger partial charge is 0.375 e. The normalized spacial score (nSPS) is 11.7. The average Bonchev–Trinajstić information content (AvgIpc) is 2.59. The fourth-order valence-electron chi connectivity index (χ4n) is 2.50. The lowest BCUT2D eigenvalue weighted by Crippen LogP contribution is -2.38. The molecule has 1 unspecified atom stereocenters. The first-order valence-corrected chi connectivity index (χ1v) is 8.24. The molecule has 2 rings (SSSR count). The van der Waals surface area contributed by atoms with E-state index >= 15 is 0 Å². The molecule has 0 aliphatic rings. The molecule has 132 valence electrons. The van der Waals surface area contributed by atoms with Crippen molar-refractivity contribution in [2.75, 3.05) is 19.0 Å². The molecule has 0 heterocycles. The molecule has 5 nitrogen and oxygen atoms in total. The summed E-state index contributed by atoms with van der Waals surface area (Å²) in [7, 11) is 1.52. The lowest BCUT2D eigenvalue weighted by atomic mass is 10.1. The Hall–Kier alpha value is -2.37. The molecule has 0 aliphatic carbocycles. The van der Waals surface area contributed by atoms with Gasteiger partial charge in [0, 0.05) is 29.9 Å². The number of rotatable bonds is 5.